The van der Waals surface area contributed by atoms with Crippen molar-refractivity contribution >= 4 is 22.8 Å². The fourth-order valence-corrected chi connectivity index (χ4v) is 2.12. The highest BCUT2D eigenvalue weighted by molar-refractivity contribution is 5.89. The highest BCUT2D eigenvalue weighted by atomic mass is 16.5. The van der Waals surface area contributed by atoms with E-state index in [0.29, 0.717) is 11.3 Å². The molecular weight excluding hydrogens is 272 g/mol. The quantitative estimate of drug-likeness (QED) is 0.877. The van der Waals surface area contributed by atoms with Gasteiger partial charge in [0.25, 0.3) is 0 Å². The molecule has 2 N–H and O–H groups in total. The summed E-state index contributed by atoms with van der Waals surface area (Å²) < 4.78 is 5.16. The summed E-state index contributed by atoms with van der Waals surface area (Å²) in [5, 5.41) is 16.3. The molecule has 0 fully saturated rings. The van der Waals surface area contributed by atoms with Gasteiger partial charge < -0.3 is 14.9 Å². The van der Waals surface area contributed by atoms with Crippen molar-refractivity contribution in [2.75, 3.05) is 0 Å². The van der Waals surface area contributed by atoms with Gasteiger partial charge in [-0.1, -0.05) is 30.6 Å². The van der Waals surface area contributed by atoms with Gasteiger partial charge in [-0.3, -0.25) is 4.79 Å². The number of aromatic nitrogens is 1. The summed E-state index contributed by atoms with van der Waals surface area (Å²) >= 11 is 0. The third kappa shape index (κ3) is 3.39. The van der Waals surface area contributed by atoms with Crippen LogP contribution in [0.2, 0.25) is 0 Å². The van der Waals surface area contributed by atoms with Crippen molar-refractivity contribution in [3.63, 3.8) is 0 Å². The van der Waals surface area contributed by atoms with Gasteiger partial charge in [0.2, 0.25) is 5.91 Å². The largest absolute Gasteiger partial charge is 0.480 e. The molecule has 0 bridgehead atoms. The molecule has 1 amide bonds. The Hall–Kier alpha value is -2.37. The zero-order chi connectivity index (χ0) is 15.6. The molecule has 2 aromatic rings. The molecule has 0 aliphatic rings. The molecule has 1 unspecified atom stereocenters. The van der Waals surface area contributed by atoms with Crippen molar-refractivity contribution < 1.29 is 19.2 Å². The Balaban J connectivity index is 2.14. The number of nitrogens with zero attached hydrogens (tertiary/aromatic N) is 1. The molecule has 0 saturated heterocycles. The number of carbonyl (C=O) groups is 2. The minimum atomic E-state index is -1.04. The lowest BCUT2D eigenvalue weighted by atomic mass is 10.0. The standard InChI is InChI=1S/C15H18N2O4/c1-8(2)14(15(19)20)16-13(18)7-11-10-6-9(3)4-5-12(10)21-17-11/h4-6,8,14H,7H2,1-3H3,(H,16,18)(H,19,20). The van der Waals surface area contributed by atoms with E-state index < -0.39 is 12.0 Å². The maximum Gasteiger partial charge on any atom is 0.326 e. The molecule has 0 radical (unpaired) electrons. The average Bonchev–Trinajstić information content (AvgIpc) is 2.78. The van der Waals surface area contributed by atoms with Gasteiger partial charge in [-0.05, 0) is 25.0 Å². The summed E-state index contributed by atoms with van der Waals surface area (Å²) in [7, 11) is 0. The van der Waals surface area contributed by atoms with Gasteiger partial charge in [0.15, 0.2) is 5.58 Å². The van der Waals surface area contributed by atoms with E-state index in [0.717, 1.165) is 10.9 Å². The molecule has 6 heteroatoms. The summed E-state index contributed by atoms with van der Waals surface area (Å²) in [6.07, 6.45) is -0.00699. The average molecular weight is 290 g/mol. The molecule has 0 aliphatic carbocycles. The first-order valence-electron chi connectivity index (χ1n) is 6.75. The molecule has 1 aromatic carbocycles. The van der Waals surface area contributed by atoms with E-state index in [1.807, 2.05) is 19.1 Å². The number of carbonyl (C=O) groups excluding carboxylic acids is 1. The summed E-state index contributed by atoms with van der Waals surface area (Å²) in [4.78, 5) is 23.1. The van der Waals surface area contributed by atoms with Crippen molar-refractivity contribution in [2.45, 2.75) is 33.2 Å². The number of nitrogens with one attached hydrogen (secondary N) is 1. The predicted molar refractivity (Wildman–Crippen MR) is 76.9 cm³/mol. The number of rotatable bonds is 5. The van der Waals surface area contributed by atoms with E-state index in [9.17, 15) is 9.59 Å². The Kier molecular flexibility index (Phi) is 4.26. The fourth-order valence-electron chi connectivity index (χ4n) is 2.12. The Morgan fingerprint density at radius 2 is 2.10 bits per heavy atom. The molecule has 6 nitrogen and oxygen atoms in total. The lowest BCUT2D eigenvalue weighted by Gasteiger charge is -2.17. The van der Waals surface area contributed by atoms with Gasteiger partial charge in [0, 0.05) is 5.39 Å². The van der Waals surface area contributed by atoms with Crippen LogP contribution in [0.25, 0.3) is 11.0 Å². The molecule has 0 spiro atoms. The van der Waals surface area contributed by atoms with Crippen LogP contribution < -0.4 is 5.32 Å². The van der Waals surface area contributed by atoms with E-state index in [-0.39, 0.29) is 18.2 Å². The summed E-state index contributed by atoms with van der Waals surface area (Å²) in [5.74, 6) is -1.62. The van der Waals surface area contributed by atoms with Gasteiger partial charge in [-0.25, -0.2) is 4.79 Å². The van der Waals surface area contributed by atoms with Crippen LogP contribution >= 0.6 is 0 Å². The molecule has 112 valence electrons. The molecule has 1 heterocycles. The SMILES string of the molecule is Cc1ccc2onc(CC(=O)NC(C(=O)O)C(C)C)c2c1. The molecule has 2 rings (SSSR count). The lowest BCUT2D eigenvalue weighted by Crippen LogP contribution is -2.44. The first kappa shape index (κ1) is 15.0. The Morgan fingerprint density at radius 3 is 2.71 bits per heavy atom. The van der Waals surface area contributed by atoms with E-state index in [2.05, 4.69) is 10.5 Å². The third-order valence-electron chi connectivity index (χ3n) is 3.28. The number of hydrogen-bond acceptors (Lipinski definition) is 4. The Morgan fingerprint density at radius 1 is 1.38 bits per heavy atom. The Bertz CT molecular complexity index is 675. The second-order valence-electron chi connectivity index (χ2n) is 5.43. The van der Waals surface area contributed by atoms with Crippen LogP contribution in [0.1, 0.15) is 25.1 Å². The van der Waals surface area contributed by atoms with Gasteiger partial charge >= 0.3 is 5.97 Å². The Labute approximate surface area is 122 Å². The topological polar surface area (TPSA) is 92.4 Å². The van der Waals surface area contributed by atoms with Gasteiger partial charge in [0.1, 0.15) is 11.7 Å². The summed E-state index contributed by atoms with van der Waals surface area (Å²) in [6.45, 7) is 5.43. The normalized spacial score (nSPS) is 12.6. The van der Waals surface area contributed by atoms with Gasteiger partial charge in [-0.2, -0.15) is 0 Å². The van der Waals surface area contributed by atoms with E-state index in [1.165, 1.54) is 0 Å². The van der Waals surface area contributed by atoms with Crippen LogP contribution in [0.15, 0.2) is 22.7 Å². The van der Waals surface area contributed by atoms with Crippen molar-refractivity contribution in [3.05, 3.63) is 29.5 Å². The first-order chi connectivity index (χ1) is 9.88. The first-order valence-corrected chi connectivity index (χ1v) is 6.75. The highest BCUT2D eigenvalue weighted by Gasteiger charge is 2.24. The minimum Gasteiger partial charge on any atom is -0.480 e. The molecular formula is C15H18N2O4. The number of carboxylic acid groups (broad SMARTS) is 1. The molecule has 21 heavy (non-hydrogen) atoms. The van der Waals surface area contributed by atoms with Gasteiger partial charge in [-0.15, -0.1) is 0 Å². The number of aliphatic carboxylic acids is 1. The smallest absolute Gasteiger partial charge is 0.326 e. The number of fused-ring (bicyclic) bond motifs is 1. The second kappa shape index (κ2) is 5.95. The van der Waals surface area contributed by atoms with Crippen LogP contribution in [0.4, 0.5) is 0 Å². The van der Waals surface area contributed by atoms with Gasteiger partial charge in [0.05, 0.1) is 6.42 Å². The summed E-state index contributed by atoms with van der Waals surface area (Å²) in [6, 6.07) is 4.69. The number of benzene rings is 1. The maximum absolute atomic E-state index is 12.0. The monoisotopic (exact) mass is 290 g/mol. The highest BCUT2D eigenvalue weighted by Crippen LogP contribution is 2.20. The molecule has 1 atom stereocenters. The number of carboxylic acids is 1. The van der Waals surface area contributed by atoms with Crippen molar-refractivity contribution in [3.8, 4) is 0 Å². The van der Waals surface area contributed by atoms with Crippen LogP contribution in [0.5, 0.6) is 0 Å². The lowest BCUT2D eigenvalue weighted by molar-refractivity contribution is -0.143. The van der Waals surface area contributed by atoms with E-state index >= 15 is 0 Å². The second-order valence-corrected chi connectivity index (χ2v) is 5.43. The van der Waals surface area contributed by atoms with Crippen molar-refractivity contribution in [2.24, 2.45) is 5.92 Å². The zero-order valence-corrected chi connectivity index (χ0v) is 12.2. The van der Waals surface area contributed by atoms with Crippen LogP contribution in [-0.4, -0.2) is 28.2 Å². The predicted octanol–water partition coefficient (Wildman–Crippen LogP) is 1.90. The van der Waals surface area contributed by atoms with E-state index in [1.54, 1.807) is 19.9 Å². The molecule has 1 aromatic heterocycles. The van der Waals surface area contributed by atoms with Crippen LogP contribution in [0, 0.1) is 12.8 Å². The number of hydrogen-bond donors (Lipinski definition) is 2. The molecule has 0 aliphatic heterocycles. The fraction of sp³-hybridized carbons (Fsp3) is 0.400. The number of aryl methyl sites for hydroxylation is 1. The van der Waals surface area contributed by atoms with Crippen LogP contribution in [-0.2, 0) is 16.0 Å². The third-order valence-corrected chi connectivity index (χ3v) is 3.28. The zero-order valence-electron chi connectivity index (χ0n) is 12.2. The van der Waals surface area contributed by atoms with Crippen molar-refractivity contribution in [1.29, 1.82) is 0 Å². The summed E-state index contributed by atoms with van der Waals surface area (Å²) in [5.41, 5.74) is 2.17. The van der Waals surface area contributed by atoms with Crippen molar-refractivity contribution in [1.82, 2.24) is 10.5 Å². The maximum atomic E-state index is 12.0. The molecule has 0 saturated carbocycles. The number of amides is 1. The van der Waals surface area contributed by atoms with Crippen LogP contribution in [0.3, 0.4) is 0 Å². The van der Waals surface area contributed by atoms with E-state index in [4.69, 9.17) is 9.63 Å². The minimum absolute atomic E-state index is 0.00699.